The van der Waals surface area contributed by atoms with Gasteiger partial charge in [0, 0.05) is 6.54 Å². The van der Waals surface area contributed by atoms with Gasteiger partial charge in [-0.05, 0) is 32.6 Å². The predicted octanol–water partition coefficient (Wildman–Crippen LogP) is 2.09. The minimum absolute atomic E-state index is 0.0804. The van der Waals surface area contributed by atoms with Crippen LogP contribution in [0.5, 0.6) is 0 Å². The summed E-state index contributed by atoms with van der Waals surface area (Å²) < 4.78 is 1.92. The van der Waals surface area contributed by atoms with Crippen LogP contribution in [-0.2, 0) is 11.3 Å². The normalized spacial score (nSPS) is 22.7. The molecule has 5 nitrogen and oxygen atoms in total. The molecule has 106 valence electrons. The Labute approximate surface area is 114 Å². The Bertz CT molecular complexity index is 442. The first-order valence-corrected chi connectivity index (χ1v) is 7.14. The molecule has 1 amide bonds. The molecule has 2 atom stereocenters. The van der Waals surface area contributed by atoms with Crippen LogP contribution in [0.1, 0.15) is 44.7 Å². The Hall–Kier alpha value is -1.36. The van der Waals surface area contributed by atoms with Crippen LogP contribution in [0.4, 0.5) is 5.69 Å². The van der Waals surface area contributed by atoms with Crippen LogP contribution in [0.2, 0.25) is 0 Å². The van der Waals surface area contributed by atoms with Gasteiger partial charge in [-0.1, -0.05) is 13.3 Å². The van der Waals surface area contributed by atoms with E-state index in [9.17, 15) is 9.90 Å². The largest absolute Gasteiger partial charge is 0.392 e. The third kappa shape index (κ3) is 3.15. The first-order valence-electron chi connectivity index (χ1n) is 7.14. The van der Waals surface area contributed by atoms with Gasteiger partial charge >= 0.3 is 0 Å². The van der Waals surface area contributed by atoms with Crippen molar-refractivity contribution < 1.29 is 9.90 Å². The van der Waals surface area contributed by atoms with Gasteiger partial charge in [-0.3, -0.25) is 9.48 Å². The number of nitrogens with one attached hydrogen (secondary N) is 1. The van der Waals surface area contributed by atoms with E-state index in [0.717, 1.165) is 50.0 Å². The molecule has 0 saturated heterocycles. The zero-order valence-corrected chi connectivity index (χ0v) is 11.7. The minimum atomic E-state index is -0.490. The molecule has 2 N–H and O–H groups in total. The first kappa shape index (κ1) is 14.1. The zero-order chi connectivity index (χ0) is 13.8. The van der Waals surface area contributed by atoms with Crippen molar-refractivity contribution in [2.75, 3.05) is 5.32 Å². The summed E-state index contributed by atoms with van der Waals surface area (Å²) in [4.78, 5) is 12.1. The van der Waals surface area contributed by atoms with E-state index in [1.165, 1.54) is 0 Å². The second kappa shape index (κ2) is 6.19. The number of unbranched alkanes of at least 4 members (excludes halogenated alkanes) is 1. The van der Waals surface area contributed by atoms with Crippen molar-refractivity contribution in [3.63, 3.8) is 0 Å². The second-order valence-corrected chi connectivity index (χ2v) is 5.31. The monoisotopic (exact) mass is 265 g/mol. The fraction of sp³-hybridized carbons (Fsp3) is 0.714. The van der Waals surface area contributed by atoms with Crippen molar-refractivity contribution in [1.82, 2.24) is 9.78 Å². The summed E-state index contributed by atoms with van der Waals surface area (Å²) in [5.74, 6) is -0.346. The number of amides is 1. The topological polar surface area (TPSA) is 67.2 Å². The Morgan fingerprint density at radius 1 is 1.58 bits per heavy atom. The van der Waals surface area contributed by atoms with Crippen LogP contribution in [-0.4, -0.2) is 26.9 Å². The lowest BCUT2D eigenvalue weighted by atomic mass is 10.1. The zero-order valence-electron chi connectivity index (χ0n) is 11.7. The van der Waals surface area contributed by atoms with E-state index in [1.807, 2.05) is 11.6 Å². The fourth-order valence-electron chi connectivity index (χ4n) is 2.57. The maximum absolute atomic E-state index is 12.1. The highest BCUT2D eigenvalue weighted by atomic mass is 16.3. The van der Waals surface area contributed by atoms with E-state index < -0.39 is 6.10 Å². The molecule has 1 aromatic heterocycles. The number of hydrogen-bond acceptors (Lipinski definition) is 3. The average molecular weight is 265 g/mol. The number of hydrogen-bond donors (Lipinski definition) is 2. The molecule has 2 unspecified atom stereocenters. The van der Waals surface area contributed by atoms with Gasteiger partial charge in [0.2, 0.25) is 5.91 Å². The van der Waals surface area contributed by atoms with Gasteiger partial charge in [0.15, 0.2) is 0 Å². The Morgan fingerprint density at radius 3 is 3.00 bits per heavy atom. The molecule has 0 radical (unpaired) electrons. The standard InChI is InChI=1S/C14H23N3O2/c1-3-4-8-17-10(2)12(9-15-17)16-14(19)11-6-5-7-13(11)18/h9,11,13,18H,3-8H2,1-2H3,(H,16,19). The van der Waals surface area contributed by atoms with E-state index >= 15 is 0 Å². The number of aromatic nitrogens is 2. The van der Waals surface area contributed by atoms with Crippen molar-refractivity contribution in [2.45, 2.75) is 58.6 Å². The highest BCUT2D eigenvalue weighted by Crippen LogP contribution is 2.27. The number of carbonyl (C=O) groups is 1. The van der Waals surface area contributed by atoms with Crippen LogP contribution in [0.15, 0.2) is 6.20 Å². The van der Waals surface area contributed by atoms with Crippen molar-refractivity contribution in [1.29, 1.82) is 0 Å². The van der Waals surface area contributed by atoms with E-state index in [2.05, 4.69) is 17.3 Å². The second-order valence-electron chi connectivity index (χ2n) is 5.31. The fourth-order valence-corrected chi connectivity index (χ4v) is 2.57. The third-order valence-electron chi connectivity index (χ3n) is 3.90. The molecule has 1 fully saturated rings. The van der Waals surface area contributed by atoms with Crippen LogP contribution in [0, 0.1) is 12.8 Å². The summed E-state index contributed by atoms with van der Waals surface area (Å²) in [5.41, 5.74) is 1.74. The maximum Gasteiger partial charge on any atom is 0.230 e. The van der Waals surface area contributed by atoms with E-state index in [-0.39, 0.29) is 11.8 Å². The van der Waals surface area contributed by atoms with Gasteiger partial charge in [0.25, 0.3) is 0 Å². The molecule has 1 heterocycles. The summed E-state index contributed by atoms with van der Waals surface area (Å²) in [5, 5.41) is 16.9. The molecule has 5 heteroatoms. The number of aryl methyl sites for hydroxylation is 1. The van der Waals surface area contributed by atoms with Crippen molar-refractivity contribution >= 4 is 11.6 Å². The lowest BCUT2D eigenvalue weighted by Crippen LogP contribution is -2.28. The summed E-state index contributed by atoms with van der Waals surface area (Å²) in [7, 11) is 0. The van der Waals surface area contributed by atoms with Crippen molar-refractivity contribution in [3.8, 4) is 0 Å². The Kier molecular flexibility index (Phi) is 4.58. The van der Waals surface area contributed by atoms with Crippen LogP contribution in [0.25, 0.3) is 0 Å². The molecule has 0 spiro atoms. The third-order valence-corrected chi connectivity index (χ3v) is 3.90. The molecular formula is C14H23N3O2. The number of aliphatic hydroxyl groups is 1. The van der Waals surface area contributed by atoms with Gasteiger partial charge in [-0.25, -0.2) is 0 Å². The summed E-state index contributed by atoms with van der Waals surface area (Å²) >= 11 is 0. The molecule has 1 aliphatic carbocycles. The molecule has 19 heavy (non-hydrogen) atoms. The van der Waals surface area contributed by atoms with Crippen LogP contribution >= 0.6 is 0 Å². The van der Waals surface area contributed by atoms with E-state index in [0.29, 0.717) is 0 Å². The van der Waals surface area contributed by atoms with E-state index in [4.69, 9.17) is 0 Å². The van der Waals surface area contributed by atoms with E-state index in [1.54, 1.807) is 6.20 Å². The average Bonchev–Trinajstić information content (AvgIpc) is 2.95. The number of anilines is 1. The highest BCUT2D eigenvalue weighted by molar-refractivity contribution is 5.93. The number of aliphatic hydroxyl groups excluding tert-OH is 1. The first-order chi connectivity index (χ1) is 9.13. The molecule has 1 aromatic rings. The molecular weight excluding hydrogens is 242 g/mol. The smallest absolute Gasteiger partial charge is 0.230 e. The molecule has 0 aliphatic heterocycles. The van der Waals surface area contributed by atoms with Crippen molar-refractivity contribution in [3.05, 3.63) is 11.9 Å². The van der Waals surface area contributed by atoms with Gasteiger partial charge in [-0.2, -0.15) is 5.10 Å². The van der Waals surface area contributed by atoms with Crippen LogP contribution < -0.4 is 5.32 Å². The molecule has 2 rings (SSSR count). The lowest BCUT2D eigenvalue weighted by Gasteiger charge is -2.14. The number of carbonyl (C=O) groups excluding carboxylic acids is 1. The predicted molar refractivity (Wildman–Crippen MR) is 73.8 cm³/mol. The maximum atomic E-state index is 12.1. The number of nitrogens with zero attached hydrogens (tertiary/aromatic N) is 2. The Morgan fingerprint density at radius 2 is 2.37 bits per heavy atom. The molecule has 1 aliphatic rings. The SMILES string of the molecule is CCCCn1ncc(NC(=O)C2CCCC2O)c1C. The van der Waals surface area contributed by atoms with Gasteiger partial charge in [0.05, 0.1) is 29.6 Å². The quantitative estimate of drug-likeness (QED) is 0.856. The molecule has 0 bridgehead atoms. The van der Waals surface area contributed by atoms with Gasteiger partial charge in [0.1, 0.15) is 0 Å². The van der Waals surface area contributed by atoms with Gasteiger partial charge < -0.3 is 10.4 Å². The minimum Gasteiger partial charge on any atom is -0.392 e. The summed E-state index contributed by atoms with van der Waals surface area (Å²) in [6, 6.07) is 0. The molecule has 0 aromatic carbocycles. The van der Waals surface area contributed by atoms with Gasteiger partial charge in [-0.15, -0.1) is 0 Å². The lowest BCUT2D eigenvalue weighted by molar-refractivity contribution is -0.122. The Balaban J connectivity index is 1.99. The summed E-state index contributed by atoms with van der Waals surface area (Å²) in [6.07, 6.45) is 5.84. The number of rotatable bonds is 5. The van der Waals surface area contributed by atoms with Crippen LogP contribution in [0.3, 0.4) is 0 Å². The molecule has 1 saturated carbocycles. The summed E-state index contributed by atoms with van der Waals surface area (Å²) in [6.45, 7) is 4.98. The highest BCUT2D eigenvalue weighted by Gasteiger charge is 2.31. The van der Waals surface area contributed by atoms with Crippen molar-refractivity contribution in [2.24, 2.45) is 5.92 Å².